The lowest BCUT2D eigenvalue weighted by Crippen LogP contribution is -2.41. The molecule has 2 saturated heterocycles. The van der Waals surface area contributed by atoms with Crippen LogP contribution in [0.25, 0.3) is 0 Å². The molecule has 1 unspecified atom stereocenters. The van der Waals surface area contributed by atoms with Gasteiger partial charge >= 0.3 is 7.12 Å². The van der Waals surface area contributed by atoms with Crippen LogP contribution in [0.2, 0.25) is 0 Å². The largest absolute Gasteiger partial charge is 0.494 e. The molecule has 2 heterocycles. The number of hydrogen-bond acceptors (Lipinski definition) is 3. The van der Waals surface area contributed by atoms with E-state index in [4.69, 9.17) is 9.31 Å². The Morgan fingerprint density at radius 1 is 1.18 bits per heavy atom. The second-order valence-corrected chi connectivity index (χ2v) is 7.47. The van der Waals surface area contributed by atoms with Crippen molar-refractivity contribution in [3.8, 4) is 0 Å². The highest BCUT2D eigenvalue weighted by Gasteiger charge is 2.51. The van der Waals surface area contributed by atoms with E-state index in [9.17, 15) is 4.39 Å². The molecule has 120 valence electrons. The molecule has 0 N–H and O–H groups in total. The van der Waals surface area contributed by atoms with E-state index in [1.54, 1.807) is 0 Å². The monoisotopic (exact) mass is 305 g/mol. The van der Waals surface area contributed by atoms with E-state index in [1.165, 1.54) is 0 Å². The summed E-state index contributed by atoms with van der Waals surface area (Å²) in [4.78, 5) is 2.12. The highest BCUT2D eigenvalue weighted by atomic mass is 19.1. The first-order chi connectivity index (χ1) is 10.2. The van der Waals surface area contributed by atoms with Gasteiger partial charge in [0.2, 0.25) is 0 Å². The summed E-state index contributed by atoms with van der Waals surface area (Å²) in [6.07, 6.45) is -0.0829. The fourth-order valence-corrected chi connectivity index (χ4v) is 3.10. The maximum atomic E-state index is 13.4. The van der Waals surface area contributed by atoms with Crippen molar-refractivity contribution < 1.29 is 13.7 Å². The van der Waals surface area contributed by atoms with Crippen molar-refractivity contribution in [2.24, 2.45) is 0 Å². The first-order valence-corrected chi connectivity index (χ1v) is 8.05. The molecule has 0 spiro atoms. The second kappa shape index (κ2) is 5.24. The van der Waals surface area contributed by atoms with E-state index < -0.39 is 6.17 Å². The molecular formula is C17H25BFNO2. The molecule has 3 nitrogen and oxygen atoms in total. The minimum absolute atomic E-state index is 0.333. The molecule has 2 aliphatic rings. The summed E-state index contributed by atoms with van der Waals surface area (Å²) in [5, 5.41) is 0. The lowest BCUT2D eigenvalue weighted by atomic mass is 9.78. The van der Waals surface area contributed by atoms with Crippen molar-refractivity contribution in [2.45, 2.75) is 58.4 Å². The number of alkyl halides is 1. The molecule has 22 heavy (non-hydrogen) atoms. The van der Waals surface area contributed by atoms with E-state index in [2.05, 4.69) is 51.7 Å². The Morgan fingerprint density at radius 3 is 2.32 bits per heavy atom. The molecule has 0 aromatic heterocycles. The van der Waals surface area contributed by atoms with Gasteiger partial charge in [-0.25, -0.2) is 4.39 Å². The van der Waals surface area contributed by atoms with Crippen LogP contribution in [0.4, 0.5) is 10.1 Å². The zero-order valence-corrected chi connectivity index (χ0v) is 14.1. The third kappa shape index (κ3) is 2.65. The van der Waals surface area contributed by atoms with E-state index in [1.807, 2.05) is 6.07 Å². The average molecular weight is 305 g/mol. The maximum Gasteiger partial charge on any atom is 0.494 e. The molecule has 0 bridgehead atoms. The van der Waals surface area contributed by atoms with Gasteiger partial charge in [-0.2, -0.15) is 0 Å². The van der Waals surface area contributed by atoms with Gasteiger partial charge in [0.25, 0.3) is 0 Å². The van der Waals surface area contributed by atoms with Crippen LogP contribution in [-0.4, -0.2) is 37.6 Å². The number of hydrogen-bond donors (Lipinski definition) is 0. The summed E-state index contributed by atoms with van der Waals surface area (Å²) >= 11 is 0. The van der Waals surface area contributed by atoms with Crippen molar-refractivity contribution >= 4 is 18.3 Å². The fourth-order valence-electron chi connectivity index (χ4n) is 3.10. The van der Waals surface area contributed by atoms with Gasteiger partial charge in [-0.3, -0.25) is 0 Å². The van der Waals surface area contributed by atoms with Gasteiger partial charge in [-0.05, 0) is 58.1 Å². The third-order valence-electron chi connectivity index (χ3n) is 5.22. The number of anilines is 1. The van der Waals surface area contributed by atoms with Crippen molar-refractivity contribution in [1.29, 1.82) is 0 Å². The summed E-state index contributed by atoms with van der Waals surface area (Å²) in [6.45, 7) is 11.6. The number of rotatable bonds is 2. The van der Waals surface area contributed by atoms with Gasteiger partial charge in [0.15, 0.2) is 0 Å². The predicted octanol–water partition coefficient (Wildman–Crippen LogP) is 2.84. The summed E-state index contributed by atoms with van der Waals surface area (Å²) < 4.78 is 25.6. The summed E-state index contributed by atoms with van der Waals surface area (Å²) in [5.74, 6) is 0. The lowest BCUT2D eigenvalue weighted by molar-refractivity contribution is 0.00578. The van der Waals surface area contributed by atoms with Crippen LogP contribution in [-0.2, 0) is 9.31 Å². The van der Waals surface area contributed by atoms with Gasteiger partial charge in [0.1, 0.15) is 6.17 Å². The molecule has 1 atom stereocenters. The van der Waals surface area contributed by atoms with Crippen LogP contribution in [0.1, 0.15) is 39.7 Å². The Labute approximate surface area is 132 Å². The van der Waals surface area contributed by atoms with Gasteiger partial charge in [-0.15, -0.1) is 0 Å². The Hall–Kier alpha value is -1.07. The Bertz CT molecular complexity index is 560. The third-order valence-corrected chi connectivity index (χ3v) is 5.22. The van der Waals surface area contributed by atoms with Crippen molar-refractivity contribution in [1.82, 2.24) is 0 Å². The predicted molar refractivity (Wildman–Crippen MR) is 88.6 cm³/mol. The molecule has 2 fully saturated rings. The smallest absolute Gasteiger partial charge is 0.399 e. The van der Waals surface area contributed by atoms with Gasteiger partial charge in [0, 0.05) is 18.8 Å². The van der Waals surface area contributed by atoms with Gasteiger partial charge < -0.3 is 14.2 Å². The molecule has 0 radical (unpaired) electrons. The van der Waals surface area contributed by atoms with Crippen molar-refractivity contribution in [3.63, 3.8) is 0 Å². The van der Waals surface area contributed by atoms with E-state index >= 15 is 0 Å². The van der Waals surface area contributed by atoms with E-state index in [-0.39, 0.29) is 18.3 Å². The molecule has 1 aromatic carbocycles. The molecule has 3 rings (SSSR count). The first kappa shape index (κ1) is 15.8. The number of benzene rings is 1. The SMILES string of the molecule is Cc1cc(B2OC(C)(C)C(C)(C)O2)ccc1N1CCC(F)C1. The normalized spacial score (nSPS) is 26.7. The van der Waals surface area contributed by atoms with Gasteiger partial charge in [0.05, 0.1) is 11.2 Å². The molecule has 2 aliphatic heterocycles. The lowest BCUT2D eigenvalue weighted by Gasteiger charge is -2.32. The topological polar surface area (TPSA) is 21.7 Å². The van der Waals surface area contributed by atoms with E-state index in [0.717, 1.165) is 23.3 Å². The average Bonchev–Trinajstić information content (AvgIpc) is 2.91. The highest BCUT2D eigenvalue weighted by molar-refractivity contribution is 6.62. The minimum atomic E-state index is -0.706. The fraction of sp³-hybridized carbons (Fsp3) is 0.647. The van der Waals surface area contributed by atoms with Crippen LogP contribution < -0.4 is 10.4 Å². The summed E-state index contributed by atoms with van der Waals surface area (Å²) in [7, 11) is -0.342. The minimum Gasteiger partial charge on any atom is -0.399 e. The number of nitrogens with zero attached hydrogens (tertiary/aromatic N) is 1. The van der Waals surface area contributed by atoms with Crippen LogP contribution in [0.3, 0.4) is 0 Å². The van der Waals surface area contributed by atoms with Crippen molar-refractivity contribution in [3.05, 3.63) is 23.8 Å². The first-order valence-electron chi connectivity index (χ1n) is 8.05. The molecule has 1 aromatic rings. The van der Waals surface area contributed by atoms with Crippen LogP contribution in [0, 0.1) is 6.92 Å². The zero-order valence-electron chi connectivity index (χ0n) is 14.1. The van der Waals surface area contributed by atoms with Crippen molar-refractivity contribution in [2.75, 3.05) is 18.0 Å². The summed E-state index contributed by atoms with van der Waals surface area (Å²) in [6, 6.07) is 6.20. The quantitative estimate of drug-likeness (QED) is 0.784. The standard InChI is InChI=1S/C17H25BFNO2/c1-12-10-13(18-21-16(2,3)17(4,5)22-18)6-7-15(12)20-9-8-14(19)11-20/h6-7,10,14H,8-9,11H2,1-5H3. The van der Waals surface area contributed by atoms with Crippen LogP contribution >= 0.6 is 0 Å². The van der Waals surface area contributed by atoms with Gasteiger partial charge in [-0.1, -0.05) is 12.1 Å². The molecule has 0 saturated carbocycles. The number of halogens is 1. The molecule has 5 heteroatoms. The molecule has 0 amide bonds. The number of aryl methyl sites for hydroxylation is 1. The molecule has 0 aliphatic carbocycles. The van der Waals surface area contributed by atoms with Crippen LogP contribution in [0.15, 0.2) is 18.2 Å². The zero-order chi connectivity index (χ0) is 16.1. The summed E-state index contributed by atoms with van der Waals surface area (Å²) in [5.41, 5.74) is 2.61. The second-order valence-electron chi connectivity index (χ2n) is 7.47. The van der Waals surface area contributed by atoms with E-state index in [0.29, 0.717) is 13.0 Å². The Morgan fingerprint density at radius 2 is 1.82 bits per heavy atom. The highest BCUT2D eigenvalue weighted by Crippen LogP contribution is 2.36. The Kier molecular flexibility index (Phi) is 3.77. The molecular weight excluding hydrogens is 280 g/mol. The van der Waals surface area contributed by atoms with Crippen LogP contribution in [0.5, 0.6) is 0 Å². The maximum absolute atomic E-state index is 13.4. The Balaban J connectivity index is 1.81.